The SMILES string of the molecule is CC1CC(C)N(C(=O)NC2CCCCCC2C(=O)O)C1. The Kier molecular flexibility index (Phi) is 4.89. The second-order valence-corrected chi connectivity index (χ2v) is 6.48. The molecule has 2 N–H and O–H groups in total. The molecular formula is C15H26N2O3. The number of carbonyl (C=O) groups is 2. The summed E-state index contributed by atoms with van der Waals surface area (Å²) in [6, 6.07) is -0.0512. The van der Waals surface area contributed by atoms with E-state index in [9.17, 15) is 14.7 Å². The maximum absolute atomic E-state index is 12.4. The van der Waals surface area contributed by atoms with Crippen molar-refractivity contribution in [2.24, 2.45) is 11.8 Å². The zero-order valence-corrected chi connectivity index (χ0v) is 12.5. The monoisotopic (exact) mass is 282 g/mol. The van der Waals surface area contributed by atoms with E-state index >= 15 is 0 Å². The number of carbonyl (C=O) groups excluding carboxylic acids is 1. The molecule has 0 spiro atoms. The minimum atomic E-state index is -0.778. The lowest BCUT2D eigenvalue weighted by molar-refractivity contribution is -0.142. The fraction of sp³-hybridized carbons (Fsp3) is 0.867. The molecule has 1 aliphatic carbocycles. The zero-order chi connectivity index (χ0) is 14.7. The van der Waals surface area contributed by atoms with Crippen LogP contribution in [0.4, 0.5) is 4.79 Å². The predicted molar refractivity (Wildman–Crippen MR) is 76.5 cm³/mol. The van der Waals surface area contributed by atoms with E-state index in [2.05, 4.69) is 19.2 Å². The van der Waals surface area contributed by atoms with Gasteiger partial charge in [-0.1, -0.05) is 26.2 Å². The minimum absolute atomic E-state index is 0.0833. The number of rotatable bonds is 2. The van der Waals surface area contributed by atoms with Crippen molar-refractivity contribution in [1.29, 1.82) is 0 Å². The maximum Gasteiger partial charge on any atom is 0.317 e. The van der Waals surface area contributed by atoms with Gasteiger partial charge in [0.1, 0.15) is 0 Å². The van der Waals surface area contributed by atoms with Crippen molar-refractivity contribution in [3.05, 3.63) is 0 Å². The first kappa shape index (κ1) is 15.1. The molecule has 114 valence electrons. The number of likely N-dealkylation sites (tertiary alicyclic amines) is 1. The van der Waals surface area contributed by atoms with Crippen molar-refractivity contribution in [2.75, 3.05) is 6.54 Å². The maximum atomic E-state index is 12.4. The van der Waals surface area contributed by atoms with Crippen LogP contribution in [-0.2, 0) is 4.79 Å². The molecule has 2 amide bonds. The van der Waals surface area contributed by atoms with E-state index in [-0.39, 0.29) is 18.1 Å². The average molecular weight is 282 g/mol. The van der Waals surface area contributed by atoms with E-state index in [0.29, 0.717) is 12.3 Å². The molecule has 2 aliphatic rings. The summed E-state index contributed by atoms with van der Waals surface area (Å²) in [6.45, 7) is 4.98. The van der Waals surface area contributed by atoms with Crippen molar-refractivity contribution in [2.45, 2.75) is 64.5 Å². The van der Waals surface area contributed by atoms with Crippen LogP contribution in [0.1, 0.15) is 52.4 Å². The van der Waals surface area contributed by atoms with E-state index in [0.717, 1.165) is 38.6 Å². The Morgan fingerprint density at radius 3 is 2.45 bits per heavy atom. The number of hydrogen-bond donors (Lipinski definition) is 2. The van der Waals surface area contributed by atoms with Gasteiger partial charge in [0, 0.05) is 18.6 Å². The molecule has 0 aromatic carbocycles. The van der Waals surface area contributed by atoms with Gasteiger partial charge < -0.3 is 15.3 Å². The summed E-state index contributed by atoms with van der Waals surface area (Å²) in [5.74, 6) is -0.683. The van der Waals surface area contributed by atoms with Crippen LogP contribution in [-0.4, -0.2) is 40.6 Å². The molecule has 2 rings (SSSR count). The van der Waals surface area contributed by atoms with Crippen LogP contribution in [0.25, 0.3) is 0 Å². The number of nitrogens with zero attached hydrogens (tertiary/aromatic N) is 1. The quantitative estimate of drug-likeness (QED) is 0.764. The first-order chi connectivity index (χ1) is 9.49. The Hall–Kier alpha value is -1.26. The van der Waals surface area contributed by atoms with Gasteiger partial charge in [0.2, 0.25) is 0 Å². The first-order valence-electron chi connectivity index (χ1n) is 7.79. The van der Waals surface area contributed by atoms with Crippen molar-refractivity contribution < 1.29 is 14.7 Å². The van der Waals surface area contributed by atoms with Crippen molar-refractivity contribution >= 4 is 12.0 Å². The second-order valence-electron chi connectivity index (χ2n) is 6.48. The molecular weight excluding hydrogens is 256 g/mol. The lowest BCUT2D eigenvalue weighted by atomic mass is 9.95. The molecule has 2 fully saturated rings. The fourth-order valence-corrected chi connectivity index (χ4v) is 3.60. The van der Waals surface area contributed by atoms with E-state index in [1.807, 2.05) is 4.90 Å². The number of urea groups is 1. The average Bonchev–Trinajstić information content (AvgIpc) is 2.60. The summed E-state index contributed by atoms with van der Waals surface area (Å²) in [5.41, 5.74) is 0. The molecule has 4 atom stereocenters. The van der Waals surface area contributed by atoms with Crippen LogP contribution >= 0.6 is 0 Å². The van der Waals surface area contributed by atoms with Gasteiger partial charge in [0.15, 0.2) is 0 Å². The lowest BCUT2D eigenvalue weighted by Gasteiger charge is -2.28. The molecule has 0 radical (unpaired) electrons. The highest BCUT2D eigenvalue weighted by atomic mass is 16.4. The fourth-order valence-electron chi connectivity index (χ4n) is 3.60. The molecule has 1 aliphatic heterocycles. The third-order valence-electron chi connectivity index (χ3n) is 4.69. The topological polar surface area (TPSA) is 69.6 Å². The van der Waals surface area contributed by atoms with Crippen LogP contribution < -0.4 is 5.32 Å². The molecule has 5 heteroatoms. The second kappa shape index (κ2) is 6.46. The number of carboxylic acid groups (broad SMARTS) is 1. The largest absolute Gasteiger partial charge is 0.481 e. The number of aliphatic carboxylic acids is 1. The van der Waals surface area contributed by atoms with Crippen molar-refractivity contribution in [3.8, 4) is 0 Å². The molecule has 4 unspecified atom stereocenters. The highest BCUT2D eigenvalue weighted by Crippen LogP contribution is 2.26. The standard InChI is InChI=1S/C15H26N2O3/c1-10-8-11(2)17(9-10)15(20)16-13-7-5-3-4-6-12(13)14(18)19/h10-13H,3-9H2,1-2H3,(H,16,20)(H,18,19). The summed E-state index contributed by atoms with van der Waals surface area (Å²) in [6.07, 6.45) is 5.49. The van der Waals surface area contributed by atoms with Crippen LogP contribution in [0.2, 0.25) is 0 Å². The van der Waals surface area contributed by atoms with Gasteiger partial charge in [-0.3, -0.25) is 4.79 Å². The molecule has 0 aromatic heterocycles. The molecule has 1 saturated heterocycles. The number of hydrogen-bond acceptors (Lipinski definition) is 2. The minimum Gasteiger partial charge on any atom is -0.481 e. The summed E-state index contributed by atoms with van der Waals surface area (Å²) in [4.78, 5) is 25.6. The van der Waals surface area contributed by atoms with E-state index in [1.165, 1.54) is 0 Å². The summed E-state index contributed by atoms with van der Waals surface area (Å²) in [7, 11) is 0. The summed E-state index contributed by atoms with van der Waals surface area (Å²) >= 11 is 0. The zero-order valence-electron chi connectivity index (χ0n) is 12.5. The van der Waals surface area contributed by atoms with Crippen LogP contribution in [0.5, 0.6) is 0 Å². The third kappa shape index (κ3) is 3.44. The van der Waals surface area contributed by atoms with Gasteiger partial charge in [-0.2, -0.15) is 0 Å². The molecule has 0 aromatic rings. The van der Waals surface area contributed by atoms with Crippen molar-refractivity contribution in [3.63, 3.8) is 0 Å². The normalized spacial score (nSPS) is 34.6. The van der Waals surface area contributed by atoms with Gasteiger partial charge in [-0.25, -0.2) is 4.79 Å². The Bertz CT molecular complexity index is 372. The van der Waals surface area contributed by atoms with Gasteiger partial charge >= 0.3 is 12.0 Å². The lowest BCUT2D eigenvalue weighted by Crippen LogP contribution is -2.49. The van der Waals surface area contributed by atoms with Crippen LogP contribution in [0.15, 0.2) is 0 Å². The Labute approximate surface area is 120 Å². The van der Waals surface area contributed by atoms with Crippen molar-refractivity contribution in [1.82, 2.24) is 10.2 Å². The van der Waals surface area contributed by atoms with E-state index in [4.69, 9.17) is 0 Å². The first-order valence-corrected chi connectivity index (χ1v) is 7.79. The summed E-state index contributed by atoms with van der Waals surface area (Å²) < 4.78 is 0. The molecule has 5 nitrogen and oxygen atoms in total. The highest BCUT2D eigenvalue weighted by molar-refractivity contribution is 5.77. The van der Waals surface area contributed by atoms with E-state index < -0.39 is 11.9 Å². The van der Waals surface area contributed by atoms with Gasteiger partial charge in [-0.15, -0.1) is 0 Å². The van der Waals surface area contributed by atoms with Crippen LogP contribution in [0, 0.1) is 11.8 Å². The number of nitrogens with one attached hydrogen (secondary N) is 1. The molecule has 1 saturated carbocycles. The van der Waals surface area contributed by atoms with Crippen LogP contribution in [0.3, 0.4) is 0 Å². The predicted octanol–water partition coefficient (Wildman–Crippen LogP) is 2.46. The Balaban J connectivity index is 1.99. The molecule has 0 bridgehead atoms. The number of amides is 2. The smallest absolute Gasteiger partial charge is 0.317 e. The van der Waals surface area contributed by atoms with Gasteiger partial charge in [0.05, 0.1) is 5.92 Å². The number of carboxylic acids is 1. The van der Waals surface area contributed by atoms with Gasteiger partial charge in [0.25, 0.3) is 0 Å². The molecule has 20 heavy (non-hydrogen) atoms. The third-order valence-corrected chi connectivity index (χ3v) is 4.69. The Morgan fingerprint density at radius 1 is 1.15 bits per heavy atom. The highest BCUT2D eigenvalue weighted by Gasteiger charge is 2.35. The summed E-state index contributed by atoms with van der Waals surface area (Å²) in [5, 5.41) is 12.3. The Morgan fingerprint density at radius 2 is 1.85 bits per heavy atom. The van der Waals surface area contributed by atoms with Gasteiger partial charge in [-0.05, 0) is 32.1 Å². The van der Waals surface area contributed by atoms with E-state index in [1.54, 1.807) is 0 Å². The molecule has 1 heterocycles.